The summed E-state index contributed by atoms with van der Waals surface area (Å²) in [4.78, 5) is 27.8. The van der Waals surface area contributed by atoms with Crippen molar-refractivity contribution in [1.82, 2.24) is 5.32 Å². The summed E-state index contributed by atoms with van der Waals surface area (Å²) in [6.07, 6.45) is -0.0621. The van der Waals surface area contributed by atoms with Gasteiger partial charge in [-0.3, -0.25) is 9.59 Å². The molecule has 6 heteroatoms. The van der Waals surface area contributed by atoms with Crippen molar-refractivity contribution in [2.45, 2.75) is 19.4 Å². The summed E-state index contributed by atoms with van der Waals surface area (Å²) in [5.41, 5.74) is 3.20. The molecular weight excluding hydrogens is 404 g/mol. The van der Waals surface area contributed by atoms with E-state index in [1.165, 1.54) is 0 Å². The Morgan fingerprint density at radius 3 is 2.56 bits per heavy atom. The molecule has 4 rings (SSSR count). The van der Waals surface area contributed by atoms with E-state index in [4.69, 9.17) is 9.47 Å². The zero-order valence-electron chi connectivity index (χ0n) is 18.2. The molecule has 164 valence electrons. The van der Waals surface area contributed by atoms with Crippen LogP contribution in [0.4, 0.5) is 5.69 Å². The number of fused-ring (bicyclic) bond motifs is 1. The van der Waals surface area contributed by atoms with Gasteiger partial charge in [0.25, 0.3) is 11.8 Å². The number of ether oxygens (including phenoxy) is 2. The van der Waals surface area contributed by atoms with Gasteiger partial charge in [0.05, 0.1) is 19.3 Å². The van der Waals surface area contributed by atoms with Crippen LogP contribution in [0.3, 0.4) is 0 Å². The maximum atomic E-state index is 13.4. The molecule has 1 aliphatic rings. The number of carbonyl (C=O) groups excluding carboxylic acids is 2. The van der Waals surface area contributed by atoms with Gasteiger partial charge in [-0.2, -0.15) is 0 Å². The molecule has 1 aliphatic heterocycles. The van der Waals surface area contributed by atoms with E-state index < -0.39 is 6.10 Å². The van der Waals surface area contributed by atoms with E-state index >= 15 is 0 Å². The number of methoxy groups -OCH3 is 1. The van der Waals surface area contributed by atoms with E-state index in [0.29, 0.717) is 23.5 Å². The van der Waals surface area contributed by atoms with Gasteiger partial charge in [0.1, 0.15) is 11.5 Å². The Balaban J connectivity index is 1.50. The normalized spacial score (nSPS) is 14.8. The Kier molecular flexibility index (Phi) is 6.40. The van der Waals surface area contributed by atoms with Crippen LogP contribution in [0.5, 0.6) is 11.5 Å². The molecule has 0 radical (unpaired) electrons. The third-order valence-corrected chi connectivity index (χ3v) is 5.51. The predicted molar refractivity (Wildman–Crippen MR) is 123 cm³/mol. The number of nitrogens with one attached hydrogen (secondary N) is 1. The number of nitrogens with zero attached hydrogens (tertiary/aromatic N) is 1. The largest absolute Gasteiger partial charge is 0.496 e. The second-order valence-electron chi connectivity index (χ2n) is 7.70. The summed E-state index contributed by atoms with van der Waals surface area (Å²) in [7, 11) is 1.60. The minimum Gasteiger partial charge on any atom is -0.496 e. The zero-order chi connectivity index (χ0) is 22.5. The first-order valence-electron chi connectivity index (χ1n) is 10.6. The molecule has 0 saturated carbocycles. The van der Waals surface area contributed by atoms with Crippen LogP contribution in [0.25, 0.3) is 0 Å². The molecule has 0 unspecified atom stereocenters. The minimum absolute atomic E-state index is 0.137. The summed E-state index contributed by atoms with van der Waals surface area (Å²) >= 11 is 0. The maximum Gasteiger partial charge on any atom is 0.262 e. The highest BCUT2D eigenvalue weighted by Gasteiger charge is 2.34. The molecule has 3 aromatic rings. The average Bonchev–Trinajstić information content (AvgIpc) is 2.83. The molecule has 0 bridgehead atoms. The molecule has 6 nitrogen and oxygen atoms in total. The topological polar surface area (TPSA) is 67.9 Å². The molecule has 0 saturated heterocycles. The number of benzene rings is 3. The minimum atomic E-state index is -0.788. The Hall–Kier alpha value is -3.80. The van der Waals surface area contributed by atoms with E-state index in [-0.39, 0.29) is 18.4 Å². The molecule has 32 heavy (non-hydrogen) atoms. The highest BCUT2D eigenvalue weighted by Crippen LogP contribution is 2.34. The molecule has 3 aromatic carbocycles. The SMILES string of the molecule is COc1ccc(C(=O)N2C[C@@H](C(=O)NCCc3ccccc3)Oc3ccccc32)cc1C. The summed E-state index contributed by atoms with van der Waals surface area (Å²) < 4.78 is 11.2. The molecular formula is C26H26N2O4. The fraction of sp³-hybridized carbons (Fsp3) is 0.231. The first-order valence-corrected chi connectivity index (χ1v) is 10.6. The van der Waals surface area contributed by atoms with Gasteiger partial charge in [0, 0.05) is 12.1 Å². The third-order valence-electron chi connectivity index (χ3n) is 5.51. The van der Waals surface area contributed by atoms with Crippen molar-refractivity contribution >= 4 is 17.5 Å². The maximum absolute atomic E-state index is 13.4. The Labute approximate surface area is 187 Å². The van der Waals surface area contributed by atoms with Gasteiger partial charge in [-0.25, -0.2) is 0 Å². The number of hydrogen-bond acceptors (Lipinski definition) is 4. The fourth-order valence-corrected chi connectivity index (χ4v) is 3.82. The third kappa shape index (κ3) is 4.59. The lowest BCUT2D eigenvalue weighted by molar-refractivity contribution is -0.127. The molecule has 0 aromatic heterocycles. The van der Waals surface area contributed by atoms with Crippen LogP contribution in [-0.4, -0.2) is 38.1 Å². The smallest absolute Gasteiger partial charge is 0.262 e. The highest BCUT2D eigenvalue weighted by molar-refractivity contribution is 6.08. The van der Waals surface area contributed by atoms with E-state index in [9.17, 15) is 9.59 Å². The van der Waals surface area contributed by atoms with E-state index in [2.05, 4.69) is 5.32 Å². The second-order valence-corrected chi connectivity index (χ2v) is 7.70. The molecule has 0 spiro atoms. The molecule has 1 N–H and O–H groups in total. The summed E-state index contributed by atoms with van der Waals surface area (Å²) in [5.74, 6) is 0.813. The van der Waals surface area contributed by atoms with Crippen LogP contribution in [-0.2, 0) is 11.2 Å². The van der Waals surface area contributed by atoms with E-state index in [1.807, 2.05) is 55.5 Å². The lowest BCUT2D eigenvalue weighted by Gasteiger charge is -2.34. The van der Waals surface area contributed by atoms with Gasteiger partial charge < -0.3 is 19.7 Å². The number of aryl methyl sites for hydroxylation is 1. The summed E-state index contributed by atoms with van der Waals surface area (Å²) in [6.45, 7) is 2.53. The van der Waals surface area contributed by atoms with Crippen LogP contribution in [0.1, 0.15) is 21.5 Å². The van der Waals surface area contributed by atoms with E-state index in [1.54, 1.807) is 36.3 Å². The zero-order valence-corrected chi connectivity index (χ0v) is 18.2. The van der Waals surface area contributed by atoms with Gasteiger partial charge >= 0.3 is 0 Å². The van der Waals surface area contributed by atoms with Gasteiger partial charge in [-0.15, -0.1) is 0 Å². The van der Waals surface area contributed by atoms with Crippen LogP contribution >= 0.6 is 0 Å². The van der Waals surface area contributed by atoms with Crippen LogP contribution in [0, 0.1) is 6.92 Å². The van der Waals surface area contributed by atoms with Crippen LogP contribution in [0.2, 0.25) is 0 Å². The first kappa shape index (κ1) is 21.4. The average molecular weight is 431 g/mol. The molecule has 0 fully saturated rings. The number of para-hydroxylation sites is 2. The van der Waals surface area contributed by atoms with Crippen molar-refractivity contribution in [3.63, 3.8) is 0 Å². The summed E-state index contributed by atoms with van der Waals surface area (Å²) in [6, 6.07) is 22.6. The number of hydrogen-bond donors (Lipinski definition) is 1. The fourth-order valence-electron chi connectivity index (χ4n) is 3.82. The number of carbonyl (C=O) groups is 2. The Morgan fingerprint density at radius 2 is 1.81 bits per heavy atom. The van der Waals surface area contributed by atoms with Crippen LogP contribution in [0.15, 0.2) is 72.8 Å². The number of amides is 2. The second kappa shape index (κ2) is 9.56. The number of anilines is 1. The van der Waals surface area contributed by atoms with Crippen molar-refractivity contribution in [2.75, 3.05) is 25.1 Å². The first-order chi connectivity index (χ1) is 15.6. The van der Waals surface area contributed by atoms with Gasteiger partial charge in [0.15, 0.2) is 6.10 Å². The van der Waals surface area contributed by atoms with Crippen molar-refractivity contribution in [3.05, 3.63) is 89.5 Å². The lowest BCUT2D eigenvalue weighted by atomic mass is 10.1. The molecule has 1 heterocycles. The molecule has 0 aliphatic carbocycles. The quantitative estimate of drug-likeness (QED) is 0.647. The van der Waals surface area contributed by atoms with Gasteiger partial charge in [0.2, 0.25) is 0 Å². The van der Waals surface area contributed by atoms with Crippen molar-refractivity contribution < 1.29 is 19.1 Å². The number of rotatable bonds is 6. The van der Waals surface area contributed by atoms with Crippen LogP contribution < -0.4 is 19.7 Å². The Bertz CT molecular complexity index is 1110. The summed E-state index contributed by atoms with van der Waals surface area (Å²) in [5, 5.41) is 2.94. The molecule has 1 atom stereocenters. The van der Waals surface area contributed by atoms with Gasteiger partial charge in [-0.1, -0.05) is 42.5 Å². The van der Waals surface area contributed by atoms with Crippen molar-refractivity contribution in [2.24, 2.45) is 0 Å². The predicted octanol–water partition coefficient (Wildman–Crippen LogP) is 3.77. The monoisotopic (exact) mass is 430 g/mol. The Morgan fingerprint density at radius 1 is 1.06 bits per heavy atom. The lowest BCUT2D eigenvalue weighted by Crippen LogP contribution is -2.51. The van der Waals surface area contributed by atoms with E-state index in [0.717, 1.165) is 23.3 Å². The van der Waals surface area contributed by atoms with Crippen molar-refractivity contribution in [3.8, 4) is 11.5 Å². The standard InChI is InChI=1S/C26H26N2O4/c1-18-16-20(12-13-22(18)31-2)26(30)28-17-24(32-23-11-7-6-10-21(23)28)25(29)27-15-14-19-8-4-3-5-9-19/h3-13,16,24H,14-15,17H2,1-2H3,(H,27,29)/t24-/m0/s1. The highest BCUT2D eigenvalue weighted by atomic mass is 16.5. The molecule has 2 amide bonds. The van der Waals surface area contributed by atoms with Gasteiger partial charge in [-0.05, 0) is 54.8 Å². The van der Waals surface area contributed by atoms with Crippen molar-refractivity contribution in [1.29, 1.82) is 0 Å².